The molecule has 5 rings (SSSR count). The third-order valence-electron chi connectivity index (χ3n) is 6.69. The first kappa shape index (κ1) is 25.6. The summed E-state index contributed by atoms with van der Waals surface area (Å²) in [6.07, 6.45) is -3.03. The molecule has 2 fully saturated rings. The zero-order valence-electron chi connectivity index (χ0n) is 20.4. The molecule has 3 heterocycles. The lowest BCUT2D eigenvalue weighted by Gasteiger charge is -2.21. The van der Waals surface area contributed by atoms with Crippen LogP contribution in [0.4, 0.5) is 33.7 Å². The fourth-order valence-electron chi connectivity index (χ4n) is 4.72. The smallest absolute Gasteiger partial charge is 0.416 e. The van der Waals surface area contributed by atoms with Gasteiger partial charge >= 0.3 is 12.3 Å². The number of carbonyl (C=O) groups is 2. The van der Waals surface area contributed by atoms with Gasteiger partial charge in [-0.3, -0.25) is 14.4 Å². The van der Waals surface area contributed by atoms with Crippen LogP contribution in [0.1, 0.15) is 24.9 Å². The molecule has 2 aromatic carbocycles. The van der Waals surface area contributed by atoms with Crippen molar-refractivity contribution in [3.8, 4) is 11.3 Å². The zero-order chi connectivity index (χ0) is 27.0. The van der Waals surface area contributed by atoms with E-state index in [0.717, 1.165) is 12.1 Å². The fraction of sp³-hybridized carbons (Fsp3) is 0.346. The first-order valence-corrected chi connectivity index (χ1v) is 12.1. The van der Waals surface area contributed by atoms with Crippen molar-refractivity contribution >= 4 is 23.4 Å². The second-order valence-electron chi connectivity index (χ2n) is 9.33. The van der Waals surface area contributed by atoms with Crippen LogP contribution >= 0.6 is 0 Å². The molecular formula is C26H25F4N5O3. The summed E-state index contributed by atoms with van der Waals surface area (Å²) in [4.78, 5) is 26.6. The van der Waals surface area contributed by atoms with Crippen LogP contribution in [0.3, 0.4) is 0 Å². The van der Waals surface area contributed by atoms with E-state index in [9.17, 15) is 22.8 Å². The van der Waals surface area contributed by atoms with Crippen molar-refractivity contribution in [2.45, 2.75) is 31.7 Å². The van der Waals surface area contributed by atoms with Gasteiger partial charge in [0.15, 0.2) is 0 Å². The molecule has 0 radical (unpaired) electrons. The summed E-state index contributed by atoms with van der Waals surface area (Å²) in [5, 5.41) is 7.15. The van der Waals surface area contributed by atoms with Gasteiger partial charge in [0.05, 0.1) is 41.8 Å². The number of nitrogens with one attached hydrogen (secondary N) is 1. The van der Waals surface area contributed by atoms with Crippen molar-refractivity contribution in [3.05, 3.63) is 66.1 Å². The maximum atomic E-state index is 15.1. The average Bonchev–Trinajstić information content (AvgIpc) is 3.62. The number of cyclic esters (lactones) is 1. The van der Waals surface area contributed by atoms with E-state index >= 15 is 4.39 Å². The molecule has 38 heavy (non-hydrogen) atoms. The van der Waals surface area contributed by atoms with Crippen LogP contribution < -0.4 is 15.1 Å². The largest absolute Gasteiger partial charge is 0.442 e. The van der Waals surface area contributed by atoms with E-state index in [1.165, 1.54) is 30.0 Å². The van der Waals surface area contributed by atoms with E-state index in [4.69, 9.17) is 4.74 Å². The number of nitrogens with zero attached hydrogens (tertiary/aromatic N) is 4. The molecule has 200 valence electrons. The number of aromatic nitrogens is 2. The summed E-state index contributed by atoms with van der Waals surface area (Å²) in [6.45, 7) is 2.83. The summed E-state index contributed by atoms with van der Waals surface area (Å²) in [5.74, 6) is -0.711. The number of ether oxygens (including phenoxy) is 1. The highest BCUT2D eigenvalue weighted by atomic mass is 19.4. The summed E-state index contributed by atoms with van der Waals surface area (Å²) in [6, 6.07) is 11.1. The molecule has 2 aliphatic heterocycles. The van der Waals surface area contributed by atoms with E-state index in [-0.39, 0.29) is 25.0 Å². The first-order chi connectivity index (χ1) is 18.1. The van der Waals surface area contributed by atoms with Gasteiger partial charge in [-0.1, -0.05) is 12.1 Å². The molecule has 2 amide bonds. The highest BCUT2D eigenvalue weighted by Crippen LogP contribution is 2.33. The molecule has 0 saturated carbocycles. The van der Waals surface area contributed by atoms with Gasteiger partial charge in [0.2, 0.25) is 5.91 Å². The SMILES string of the molecule is CC(=O)NC[C@H]1CN(c2ccc(N3CCC(n4ccc(-c5ccc(C(F)(F)F)cc5)n4)C3)c(F)c2)C(=O)O1. The van der Waals surface area contributed by atoms with Crippen LogP contribution in [0.2, 0.25) is 0 Å². The molecule has 1 aromatic heterocycles. The molecule has 3 aromatic rings. The molecule has 0 aliphatic carbocycles. The van der Waals surface area contributed by atoms with Gasteiger partial charge in [0, 0.05) is 31.8 Å². The number of halogens is 4. The first-order valence-electron chi connectivity index (χ1n) is 12.1. The van der Waals surface area contributed by atoms with Gasteiger partial charge in [0.25, 0.3) is 0 Å². The van der Waals surface area contributed by atoms with Gasteiger partial charge < -0.3 is 15.0 Å². The molecule has 2 saturated heterocycles. The van der Waals surface area contributed by atoms with Crippen molar-refractivity contribution in [2.24, 2.45) is 0 Å². The number of carbonyl (C=O) groups excluding carboxylic acids is 2. The summed E-state index contributed by atoms with van der Waals surface area (Å²) in [5.41, 5.74) is 1.18. The van der Waals surface area contributed by atoms with E-state index in [2.05, 4.69) is 10.4 Å². The molecule has 2 atom stereocenters. The lowest BCUT2D eigenvalue weighted by Crippen LogP contribution is -2.33. The predicted molar refractivity (Wildman–Crippen MR) is 131 cm³/mol. The van der Waals surface area contributed by atoms with Crippen LogP contribution in [-0.4, -0.2) is 54.1 Å². The van der Waals surface area contributed by atoms with E-state index in [1.54, 1.807) is 29.1 Å². The molecule has 2 aliphatic rings. The Morgan fingerprint density at radius 3 is 2.58 bits per heavy atom. The van der Waals surface area contributed by atoms with E-state index < -0.39 is 29.8 Å². The van der Waals surface area contributed by atoms with E-state index in [0.29, 0.717) is 42.1 Å². The topological polar surface area (TPSA) is 79.7 Å². The highest BCUT2D eigenvalue weighted by Gasteiger charge is 2.34. The number of alkyl halides is 3. The summed E-state index contributed by atoms with van der Waals surface area (Å²) >= 11 is 0. The van der Waals surface area contributed by atoms with Crippen LogP contribution in [0, 0.1) is 5.82 Å². The fourth-order valence-corrected chi connectivity index (χ4v) is 4.72. The van der Waals surface area contributed by atoms with Gasteiger partial charge in [-0.2, -0.15) is 18.3 Å². The maximum absolute atomic E-state index is 15.1. The Hall–Kier alpha value is -4.09. The lowest BCUT2D eigenvalue weighted by molar-refractivity contribution is -0.137. The number of rotatable bonds is 6. The van der Waals surface area contributed by atoms with Crippen molar-refractivity contribution in [1.29, 1.82) is 0 Å². The minimum Gasteiger partial charge on any atom is -0.442 e. The summed E-state index contributed by atoms with van der Waals surface area (Å²) in [7, 11) is 0. The molecule has 12 heteroatoms. The van der Waals surface area contributed by atoms with Crippen molar-refractivity contribution in [1.82, 2.24) is 15.1 Å². The molecular weight excluding hydrogens is 506 g/mol. The van der Waals surface area contributed by atoms with Crippen LogP contribution in [0.15, 0.2) is 54.7 Å². The van der Waals surface area contributed by atoms with Gasteiger partial charge in [-0.15, -0.1) is 0 Å². The normalized spacial score (nSPS) is 19.7. The second-order valence-corrected chi connectivity index (χ2v) is 9.33. The standard InChI is InChI=1S/C26H25F4N5O3/c1-16(36)31-13-21-15-34(25(37)38-21)19-6-7-24(22(27)12-19)33-10-8-20(14-33)35-11-9-23(32-35)17-2-4-18(5-3-17)26(28,29)30/h2-7,9,11-12,20-21H,8,10,13-15H2,1H3,(H,31,36)/t20?,21-/m0/s1. The molecule has 8 nitrogen and oxygen atoms in total. The van der Waals surface area contributed by atoms with Crippen molar-refractivity contribution in [2.75, 3.05) is 36.0 Å². The van der Waals surface area contributed by atoms with Gasteiger partial charge in [-0.25, -0.2) is 9.18 Å². The second kappa shape index (κ2) is 9.99. The predicted octanol–water partition coefficient (Wildman–Crippen LogP) is 4.62. The Balaban J connectivity index is 1.23. The minimum absolute atomic E-state index is 0.0413. The number of anilines is 2. The molecule has 1 N–H and O–H groups in total. The number of amides is 2. The third kappa shape index (κ3) is 5.29. The van der Waals surface area contributed by atoms with Crippen LogP contribution in [0.25, 0.3) is 11.3 Å². The van der Waals surface area contributed by atoms with E-state index in [1.807, 2.05) is 4.90 Å². The Morgan fingerprint density at radius 1 is 1.13 bits per heavy atom. The molecule has 1 unspecified atom stereocenters. The van der Waals surface area contributed by atoms with Crippen LogP contribution in [-0.2, 0) is 15.7 Å². The number of hydrogen-bond acceptors (Lipinski definition) is 5. The lowest BCUT2D eigenvalue weighted by atomic mass is 10.1. The number of hydrogen-bond donors (Lipinski definition) is 1. The van der Waals surface area contributed by atoms with Crippen molar-refractivity contribution in [3.63, 3.8) is 0 Å². The Kier molecular flexibility index (Phi) is 6.72. The monoisotopic (exact) mass is 531 g/mol. The Bertz CT molecular complexity index is 1340. The van der Waals surface area contributed by atoms with Gasteiger partial charge in [0.1, 0.15) is 11.9 Å². The van der Waals surface area contributed by atoms with Crippen molar-refractivity contribution < 1.29 is 31.9 Å². The quantitative estimate of drug-likeness (QED) is 0.470. The summed E-state index contributed by atoms with van der Waals surface area (Å²) < 4.78 is 60.6. The minimum atomic E-state index is -4.40. The Labute approximate surface area is 215 Å². The number of benzene rings is 2. The zero-order valence-corrected chi connectivity index (χ0v) is 20.4. The van der Waals surface area contributed by atoms with Gasteiger partial charge in [-0.05, 0) is 42.8 Å². The van der Waals surface area contributed by atoms with Crippen LogP contribution in [0.5, 0.6) is 0 Å². The maximum Gasteiger partial charge on any atom is 0.416 e. The Morgan fingerprint density at radius 2 is 1.89 bits per heavy atom. The molecule has 0 spiro atoms. The molecule has 0 bridgehead atoms. The highest BCUT2D eigenvalue weighted by molar-refractivity contribution is 5.90. The third-order valence-corrected chi connectivity index (χ3v) is 6.69. The average molecular weight is 532 g/mol.